The predicted octanol–water partition coefficient (Wildman–Crippen LogP) is 4.03. The topological polar surface area (TPSA) is 32.3 Å². The number of thiazole rings is 1. The maximum atomic E-state index is 12.6. The minimum atomic E-state index is -4.35. The second-order valence-electron chi connectivity index (χ2n) is 6.24. The van der Waals surface area contributed by atoms with Gasteiger partial charge in [0.15, 0.2) is 0 Å². The third-order valence-corrected chi connectivity index (χ3v) is 5.49. The molecule has 1 fully saturated rings. The normalized spacial score (nSPS) is 16.3. The Balaban J connectivity index is 1.36. The molecule has 0 bridgehead atoms. The summed E-state index contributed by atoms with van der Waals surface area (Å²) in [5.74, 6) is 0.595. The van der Waals surface area contributed by atoms with Gasteiger partial charge in [-0.15, -0.1) is 11.3 Å². The minimum absolute atomic E-state index is 0.595. The van der Waals surface area contributed by atoms with Gasteiger partial charge in [0.2, 0.25) is 0 Å². The molecule has 136 valence electrons. The number of piperazine rings is 1. The summed E-state index contributed by atoms with van der Waals surface area (Å²) in [6, 6.07) is 10.6. The van der Waals surface area contributed by atoms with Gasteiger partial charge in [0.1, 0.15) is 10.8 Å². The van der Waals surface area contributed by atoms with Crippen LogP contribution in [-0.2, 0) is 12.7 Å². The Morgan fingerprint density at radius 2 is 1.77 bits per heavy atom. The van der Waals surface area contributed by atoms with Crippen molar-refractivity contribution in [1.29, 1.82) is 0 Å². The monoisotopic (exact) mass is 378 g/mol. The molecule has 1 aliphatic rings. The molecule has 0 amide bonds. The van der Waals surface area contributed by atoms with Crippen LogP contribution in [0.2, 0.25) is 0 Å². The number of rotatable bonds is 3. The Morgan fingerprint density at radius 3 is 2.42 bits per heavy atom. The molecule has 1 saturated heterocycles. The number of pyridine rings is 1. The van der Waals surface area contributed by atoms with E-state index in [1.165, 1.54) is 10.8 Å². The van der Waals surface area contributed by atoms with E-state index in [1.54, 1.807) is 11.3 Å². The fourth-order valence-electron chi connectivity index (χ4n) is 3.05. The molecule has 3 heterocycles. The molecule has 8 heteroatoms. The largest absolute Gasteiger partial charge is 0.417 e. The third kappa shape index (κ3) is 3.66. The summed E-state index contributed by atoms with van der Waals surface area (Å²) in [5.41, 5.74) is 0.316. The molecule has 4 rings (SSSR count). The van der Waals surface area contributed by atoms with Crippen LogP contribution in [0.5, 0.6) is 0 Å². The van der Waals surface area contributed by atoms with Crippen molar-refractivity contribution in [3.63, 3.8) is 0 Å². The van der Waals surface area contributed by atoms with Crippen LogP contribution in [-0.4, -0.2) is 41.0 Å². The van der Waals surface area contributed by atoms with Crippen LogP contribution in [0, 0.1) is 0 Å². The first-order valence-corrected chi connectivity index (χ1v) is 9.16. The highest BCUT2D eigenvalue weighted by molar-refractivity contribution is 7.18. The molecule has 1 aliphatic heterocycles. The number of fused-ring (bicyclic) bond motifs is 1. The molecule has 2 aromatic heterocycles. The van der Waals surface area contributed by atoms with Crippen molar-refractivity contribution in [3.05, 3.63) is 53.2 Å². The SMILES string of the molecule is FC(F)(F)c1ccc(N2CCN(Cc3nc4ccccc4s3)CC2)nc1. The van der Waals surface area contributed by atoms with Gasteiger partial charge in [0, 0.05) is 32.4 Å². The first-order valence-electron chi connectivity index (χ1n) is 8.34. The maximum Gasteiger partial charge on any atom is 0.417 e. The van der Waals surface area contributed by atoms with Gasteiger partial charge in [0.25, 0.3) is 0 Å². The second-order valence-corrected chi connectivity index (χ2v) is 7.36. The van der Waals surface area contributed by atoms with Gasteiger partial charge in [-0.25, -0.2) is 9.97 Å². The number of aromatic nitrogens is 2. The zero-order valence-electron chi connectivity index (χ0n) is 13.9. The van der Waals surface area contributed by atoms with Crippen molar-refractivity contribution >= 4 is 27.4 Å². The highest BCUT2D eigenvalue weighted by atomic mass is 32.1. The Kier molecular flexibility index (Phi) is 4.54. The van der Waals surface area contributed by atoms with Gasteiger partial charge < -0.3 is 4.90 Å². The maximum absolute atomic E-state index is 12.6. The highest BCUT2D eigenvalue weighted by Gasteiger charge is 2.31. The van der Waals surface area contributed by atoms with E-state index in [9.17, 15) is 13.2 Å². The molecule has 0 N–H and O–H groups in total. The Bertz CT molecular complexity index is 850. The zero-order valence-corrected chi connectivity index (χ0v) is 14.7. The van der Waals surface area contributed by atoms with Crippen LogP contribution in [0.1, 0.15) is 10.6 Å². The van der Waals surface area contributed by atoms with Gasteiger partial charge in [-0.3, -0.25) is 4.90 Å². The fourth-order valence-corrected chi connectivity index (χ4v) is 4.06. The van der Waals surface area contributed by atoms with Crippen LogP contribution in [0.3, 0.4) is 0 Å². The summed E-state index contributed by atoms with van der Waals surface area (Å²) in [6.45, 7) is 3.94. The summed E-state index contributed by atoms with van der Waals surface area (Å²) in [6.07, 6.45) is -3.44. The number of hydrogen-bond acceptors (Lipinski definition) is 5. The van der Waals surface area contributed by atoms with Crippen LogP contribution >= 0.6 is 11.3 Å². The van der Waals surface area contributed by atoms with Gasteiger partial charge in [0.05, 0.1) is 22.3 Å². The van der Waals surface area contributed by atoms with E-state index in [2.05, 4.69) is 20.9 Å². The lowest BCUT2D eigenvalue weighted by atomic mass is 10.2. The second kappa shape index (κ2) is 6.85. The molecular formula is C18H17F3N4S. The standard InChI is InChI=1S/C18H17F3N4S/c19-18(20,21)13-5-6-16(22-11-13)25-9-7-24(8-10-25)12-17-23-14-3-1-2-4-15(14)26-17/h1-6,11H,7-10,12H2. The minimum Gasteiger partial charge on any atom is -0.354 e. The van der Waals surface area contributed by atoms with Gasteiger partial charge >= 0.3 is 6.18 Å². The van der Waals surface area contributed by atoms with E-state index in [1.807, 2.05) is 23.1 Å². The van der Waals surface area contributed by atoms with E-state index in [-0.39, 0.29) is 0 Å². The molecule has 1 aromatic carbocycles. The van der Waals surface area contributed by atoms with Crippen LogP contribution in [0.15, 0.2) is 42.6 Å². The highest BCUT2D eigenvalue weighted by Crippen LogP contribution is 2.29. The Labute approximate surface area is 152 Å². The lowest BCUT2D eigenvalue weighted by Gasteiger charge is -2.35. The molecule has 0 atom stereocenters. The molecule has 0 unspecified atom stereocenters. The number of alkyl halides is 3. The molecule has 0 aliphatic carbocycles. The van der Waals surface area contributed by atoms with Crippen LogP contribution in [0.4, 0.5) is 19.0 Å². The van der Waals surface area contributed by atoms with Crippen LogP contribution < -0.4 is 4.90 Å². The summed E-state index contributed by atoms with van der Waals surface area (Å²) < 4.78 is 39.1. The van der Waals surface area contributed by atoms with Gasteiger partial charge in [-0.2, -0.15) is 13.2 Å². The third-order valence-electron chi connectivity index (χ3n) is 4.47. The number of para-hydroxylation sites is 1. The summed E-state index contributed by atoms with van der Waals surface area (Å²) >= 11 is 1.71. The predicted molar refractivity (Wildman–Crippen MR) is 96.3 cm³/mol. The van der Waals surface area contributed by atoms with E-state index < -0.39 is 11.7 Å². The number of anilines is 1. The van der Waals surface area contributed by atoms with Gasteiger partial charge in [-0.1, -0.05) is 12.1 Å². The molecule has 0 saturated carbocycles. The molecule has 0 radical (unpaired) electrons. The van der Waals surface area contributed by atoms with Gasteiger partial charge in [-0.05, 0) is 24.3 Å². The first kappa shape index (κ1) is 17.2. The average molecular weight is 378 g/mol. The summed E-state index contributed by atoms with van der Waals surface area (Å²) in [4.78, 5) is 13.0. The van der Waals surface area contributed by atoms with Crippen molar-refractivity contribution in [3.8, 4) is 0 Å². The lowest BCUT2D eigenvalue weighted by molar-refractivity contribution is -0.137. The number of hydrogen-bond donors (Lipinski definition) is 0. The van der Waals surface area contributed by atoms with Crippen molar-refractivity contribution in [2.24, 2.45) is 0 Å². The van der Waals surface area contributed by atoms with E-state index in [0.29, 0.717) is 5.82 Å². The van der Waals surface area contributed by atoms with Crippen molar-refractivity contribution in [1.82, 2.24) is 14.9 Å². The molecular weight excluding hydrogens is 361 g/mol. The average Bonchev–Trinajstić information content (AvgIpc) is 3.04. The van der Waals surface area contributed by atoms with Crippen molar-refractivity contribution in [2.45, 2.75) is 12.7 Å². The number of halogens is 3. The lowest BCUT2D eigenvalue weighted by Crippen LogP contribution is -2.46. The fraction of sp³-hybridized carbons (Fsp3) is 0.333. The van der Waals surface area contributed by atoms with E-state index in [4.69, 9.17) is 0 Å². The summed E-state index contributed by atoms with van der Waals surface area (Å²) in [7, 11) is 0. The number of nitrogens with zero attached hydrogens (tertiary/aromatic N) is 4. The van der Waals surface area contributed by atoms with E-state index >= 15 is 0 Å². The van der Waals surface area contributed by atoms with Crippen molar-refractivity contribution in [2.75, 3.05) is 31.1 Å². The van der Waals surface area contributed by atoms with Crippen molar-refractivity contribution < 1.29 is 13.2 Å². The molecule has 0 spiro atoms. The number of benzene rings is 1. The quantitative estimate of drug-likeness (QED) is 0.689. The molecule has 26 heavy (non-hydrogen) atoms. The molecule has 3 aromatic rings. The zero-order chi connectivity index (χ0) is 18.1. The first-order chi connectivity index (χ1) is 12.5. The molecule has 4 nitrogen and oxygen atoms in total. The van der Waals surface area contributed by atoms with E-state index in [0.717, 1.165) is 55.5 Å². The Morgan fingerprint density at radius 1 is 1.00 bits per heavy atom. The Hall–Kier alpha value is -2.19. The summed E-state index contributed by atoms with van der Waals surface area (Å²) in [5, 5.41) is 1.09. The van der Waals surface area contributed by atoms with Crippen LogP contribution in [0.25, 0.3) is 10.2 Å². The smallest absolute Gasteiger partial charge is 0.354 e.